The predicted octanol–water partition coefficient (Wildman–Crippen LogP) is 1.18. The standard InChI is InChI=1S/C13H16N4O2/c1-18-12-11(13(19-2)17-9-16-12)8-14-7-10-5-3-4-6-15-10/h3-6,9,14H,7-8H2,1-2H3. The van der Waals surface area contributed by atoms with Gasteiger partial charge in [0.05, 0.1) is 25.5 Å². The van der Waals surface area contributed by atoms with Crippen molar-refractivity contribution in [3.05, 3.63) is 42.0 Å². The molecule has 2 aromatic heterocycles. The van der Waals surface area contributed by atoms with E-state index in [1.165, 1.54) is 6.33 Å². The third-order valence-corrected chi connectivity index (χ3v) is 2.59. The van der Waals surface area contributed by atoms with Gasteiger partial charge in [-0.25, -0.2) is 9.97 Å². The number of rotatable bonds is 6. The molecule has 100 valence electrons. The molecule has 0 spiro atoms. The van der Waals surface area contributed by atoms with Gasteiger partial charge in [-0.2, -0.15) is 0 Å². The first-order valence-corrected chi connectivity index (χ1v) is 5.87. The van der Waals surface area contributed by atoms with E-state index in [2.05, 4.69) is 20.3 Å². The molecule has 0 radical (unpaired) electrons. The largest absolute Gasteiger partial charge is 0.481 e. The summed E-state index contributed by atoms with van der Waals surface area (Å²) in [5.74, 6) is 1.03. The zero-order valence-electron chi connectivity index (χ0n) is 11.0. The third-order valence-electron chi connectivity index (χ3n) is 2.59. The second kappa shape index (κ2) is 6.65. The van der Waals surface area contributed by atoms with Gasteiger partial charge in [-0.05, 0) is 12.1 Å². The quantitative estimate of drug-likeness (QED) is 0.841. The van der Waals surface area contributed by atoms with Gasteiger partial charge in [0.2, 0.25) is 11.8 Å². The van der Waals surface area contributed by atoms with Crippen molar-refractivity contribution in [3.63, 3.8) is 0 Å². The Bertz CT molecular complexity index is 497. The number of hydrogen-bond donors (Lipinski definition) is 1. The Kier molecular flexibility index (Phi) is 4.63. The van der Waals surface area contributed by atoms with Crippen LogP contribution in [0.4, 0.5) is 0 Å². The van der Waals surface area contributed by atoms with E-state index >= 15 is 0 Å². The minimum Gasteiger partial charge on any atom is -0.481 e. The van der Waals surface area contributed by atoms with E-state index < -0.39 is 0 Å². The summed E-state index contributed by atoms with van der Waals surface area (Å²) >= 11 is 0. The maximum atomic E-state index is 5.20. The molecule has 1 N–H and O–H groups in total. The fourth-order valence-electron chi connectivity index (χ4n) is 1.70. The van der Waals surface area contributed by atoms with Crippen molar-refractivity contribution in [2.45, 2.75) is 13.1 Å². The molecule has 2 heterocycles. The van der Waals surface area contributed by atoms with Gasteiger partial charge in [-0.15, -0.1) is 0 Å². The van der Waals surface area contributed by atoms with E-state index in [4.69, 9.17) is 9.47 Å². The molecule has 0 bridgehead atoms. The van der Waals surface area contributed by atoms with Crippen LogP contribution in [-0.2, 0) is 13.1 Å². The van der Waals surface area contributed by atoms with Crippen molar-refractivity contribution in [2.24, 2.45) is 0 Å². The van der Waals surface area contributed by atoms with Crippen molar-refractivity contribution >= 4 is 0 Å². The number of pyridine rings is 1. The van der Waals surface area contributed by atoms with Crippen molar-refractivity contribution in [2.75, 3.05) is 14.2 Å². The Balaban J connectivity index is 2.02. The molecule has 0 aliphatic carbocycles. The summed E-state index contributed by atoms with van der Waals surface area (Å²) in [4.78, 5) is 12.4. The Morgan fingerprint density at radius 2 is 1.74 bits per heavy atom. The number of nitrogens with one attached hydrogen (secondary N) is 1. The summed E-state index contributed by atoms with van der Waals surface area (Å²) in [6, 6.07) is 5.81. The van der Waals surface area contributed by atoms with Gasteiger partial charge < -0.3 is 14.8 Å². The Labute approximate surface area is 111 Å². The molecular weight excluding hydrogens is 244 g/mol. The predicted molar refractivity (Wildman–Crippen MR) is 69.9 cm³/mol. The molecule has 0 aliphatic heterocycles. The Hall–Kier alpha value is -2.21. The topological polar surface area (TPSA) is 69.2 Å². The lowest BCUT2D eigenvalue weighted by molar-refractivity contribution is 0.359. The van der Waals surface area contributed by atoms with E-state index in [0.717, 1.165) is 11.3 Å². The molecule has 0 unspecified atom stereocenters. The van der Waals surface area contributed by atoms with Gasteiger partial charge >= 0.3 is 0 Å². The van der Waals surface area contributed by atoms with E-state index in [1.54, 1.807) is 20.4 Å². The van der Waals surface area contributed by atoms with Crippen LogP contribution in [0.15, 0.2) is 30.7 Å². The van der Waals surface area contributed by atoms with Crippen LogP contribution in [0.1, 0.15) is 11.3 Å². The lowest BCUT2D eigenvalue weighted by atomic mass is 10.3. The molecule has 0 amide bonds. The van der Waals surface area contributed by atoms with Gasteiger partial charge in [0.1, 0.15) is 6.33 Å². The fraction of sp³-hybridized carbons (Fsp3) is 0.308. The summed E-state index contributed by atoms with van der Waals surface area (Å²) in [6.07, 6.45) is 3.18. The zero-order valence-corrected chi connectivity index (χ0v) is 11.0. The van der Waals surface area contributed by atoms with E-state index in [1.807, 2.05) is 18.2 Å². The van der Waals surface area contributed by atoms with Gasteiger partial charge in [-0.1, -0.05) is 6.07 Å². The summed E-state index contributed by atoms with van der Waals surface area (Å²) in [5.41, 5.74) is 1.76. The highest BCUT2D eigenvalue weighted by atomic mass is 16.5. The number of aromatic nitrogens is 3. The number of nitrogens with zero attached hydrogens (tertiary/aromatic N) is 3. The smallest absolute Gasteiger partial charge is 0.224 e. The summed E-state index contributed by atoms with van der Waals surface area (Å²) < 4.78 is 10.4. The molecule has 0 saturated heterocycles. The van der Waals surface area contributed by atoms with E-state index in [-0.39, 0.29) is 0 Å². The SMILES string of the molecule is COc1ncnc(OC)c1CNCc1ccccn1. The lowest BCUT2D eigenvalue weighted by Gasteiger charge is -2.11. The lowest BCUT2D eigenvalue weighted by Crippen LogP contribution is -2.15. The van der Waals surface area contributed by atoms with Crippen LogP contribution in [0.25, 0.3) is 0 Å². The van der Waals surface area contributed by atoms with Gasteiger partial charge in [0, 0.05) is 19.3 Å². The monoisotopic (exact) mass is 260 g/mol. The van der Waals surface area contributed by atoms with Crippen LogP contribution >= 0.6 is 0 Å². The summed E-state index contributed by atoms with van der Waals surface area (Å²) in [5, 5.41) is 3.26. The van der Waals surface area contributed by atoms with Crippen LogP contribution in [0.3, 0.4) is 0 Å². The van der Waals surface area contributed by atoms with Crippen LogP contribution in [0.5, 0.6) is 11.8 Å². The first-order chi connectivity index (χ1) is 9.35. The van der Waals surface area contributed by atoms with E-state index in [0.29, 0.717) is 24.8 Å². The van der Waals surface area contributed by atoms with Crippen molar-refractivity contribution in [1.29, 1.82) is 0 Å². The molecule has 6 heteroatoms. The average Bonchev–Trinajstić information content (AvgIpc) is 2.48. The van der Waals surface area contributed by atoms with Crippen molar-refractivity contribution in [1.82, 2.24) is 20.3 Å². The van der Waals surface area contributed by atoms with Crippen LogP contribution < -0.4 is 14.8 Å². The molecule has 0 saturated carbocycles. The molecule has 19 heavy (non-hydrogen) atoms. The minimum absolute atomic E-state index is 0.514. The summed E-state index contributed by atoms with van der Waals surface area (Å²) in [6.45, 7) is 1.20. The van der Waals surface area contributed by atoms with Crippen molar-refractivity contribution in [3.8, 4) is 11.8 Å². The maximum absolute atomic E-state index is 5.20. The van der Waals surface area contributed by atoms with Gasteiger partial charge in [0.25, 0.3) is 0 Å². The molecule has 0 aromatic carbocycles. The van der Waals surface area contributed by atoms with Crippen LogP contribution in [0, 0.1) is 0 Å². The molecular formula is C13H16N4O2. The molecule has 2 rings (SSSR count). The third kappa shape index (κ3) is 3.38. The van der Waals surface area contributed by atoms with E-state index in [9.17, 15) is 0 Å². The number of ether oxygens (including phenoxy) is 2. The first-order valence-electron chi connectivity index (χ1n) is 5.87. The Morgan fingerprint density at radius 3 is 2.32 bits per heavy atom. The summed E-state index contributed by atoms with van der Waals surface area (Å²) in [7, 11) is 3.15. The zero-order chi connectivity index (χ0) is 13.5. The molecule has 0 atom stereocenters. The van der Waals surface area contributed by atoms with Gasteiger partial charge in [0.15, 0.2) is 0 Å². The molecule has 0 fully saturated rings. The van der Waals surface area contributed by atoms with Gasteiger partial charge in [-0.3, -0.25) is 4.98 Å². The maximum Gasteiger partial charge on any atom is 0.224 e. The minimum atomic E-state index is 0.514. The normalized spacial score (nSPS) is 10.2. The second-order valence-electron chi connectivity index (χ2n) is 3.80. The highest BCUT2D eigenvalue weighted by Gasteiger charge is 2.12. The number of hydrogen-bond acceptors (Lipinski definition) is 6. The average molecular weight is 260 g/mol. The molecule has 0 aliphatic rings. The molecule has 2 aromatic rings. The molecule has 6 nitrogen and oxygen atoms in total. The van der Waals surface area contributed by atoms with Crippen molar-refractivity contribution < 1.29 is 9.47 Å². The number of methoxy groups -OCH3 is 2. The highest BCUT2D eigenvalue weighted by molar-refractivity contribution is 5.34. The van der Waals surface area contributed by atoms with Crippen LogP contribution in [0.2, 0.25) is 0 Å². The van der Waals surface area contributed by atoms with Crippen LogP contribution in [-0.4, -0.2) is 29.2 Å². The first kappa shape index (κ1) is 13.2. The fourth-order valence-corrected chi connectivity index (χ4v) is 1.70. The Morgan fingerprint density at radius 1 is 1.00 bits per heavy atom. The second-order valence-corrected chi connectivity index (χ2v) is 3.80. The highest BCUT2D eigenvalue weighted by Crippen LogP contribution is 2.22.